The van der Waals surface area contributed by atoms with Crippen molar-refractivity contribution in [3.05, 3.63) is 58.7 Å². The van der Waals surface area contributed by atoms with Crippen molar-refractivity contribution in [2.24, 2.45) is 5.92 Å². The van der Waals surface area contributed by atoms with Crippen molar-refractivity contribution in [1.82, 2.24) is 9.80 Å². The molecule has 3 aliphatic heterocycles. The number of hydrogen-bond donors (Lipinski definition) is 0. The third-order valence-corrected chi connectivity index (χ3v) is 8.88. The molecule has 2 fully saturated rings. The van der Waals surface area contributed by atoms with E-state index >= 15 is 0 Å². The van der Waals surface area contributed by atoms with Crippen LogP contribution in [0.1, 0.15) is 78.5 Å². The van der Waals surface area contributed by atoms with Crippen LogP contribution < -0.4 is 9.47 Å². The third-order valence-electron chi connectivity index (χ3n) is 8.88. The van der Waals surface area contributed by atoms with E-state index in [-0.39, 0.29) is 29.2 Å². The molecule has 4 aliphatic rings. The number of carbonyl (C=O) groups excluding carboxylic acids is 2. The average Bonchev–Trinajstić information content (AvgIpc) is 3.39. The largest absolute Gasteiger partial charge is 0.486 e. The van der Waals surface area contributed by atoms with Gasteiger partial charge in [0, 0.05) is 30.6 Å². The summed E-state index contributed by atoms with van der Waals surface area (Å²) in [4.78, 5) is 31.3. The zero-order valence-corrected chi connectivity index (χ0v) is 21.4. The molecule has 2 unspecified atom stereocenters. The van der Waals surface area contributed by atoms with Gasteiger partial charge in [0.05, 0.1) is 12.0 Å². The number of rotatable bonds is 2. The highest BCUT2D eigenvalue weighted by Crippen LogP contribution is 2.52. The molecule has 0 radical (unpaired) electrons. The van der Waals surface area contributed by atoms with Gasteiger partial charge in [-0.3, -0.25) is 9.59 Å². The Kier molecular flexibility index (Phi) is 5.93. The van der Waals surface area contributed by atoms with E-state index in [0.29, 0.717) is 31.9 Å². The lowest BCUT2D eigenvalue weighted by atomic mass is 9.71. The highest BCUT2D eigenvalue weighted by molar-refractivity contribution is 5.94. The molecular weight excluding hydrogens is 452 g/mol. The van der Waals surface area contributed by atoms with E-state index in [1.807, 2.05) is 36.1 Å². The number of aryl methyl sites for hydroxylation is 1. The van der Waals surface area contributed by atoms with Gasteiger partial charge in [0.1, 0.15) is 13.2 Å². The Morgan fingerprint density at radius 1 is 0.972 bits per heavy atom. The molecule has 1 spiro atoms. The highest BCUT2D eigenvalue weighted by Gasteiger charge is 2.47. The van der Waals surface area contributed by atoms with E-state index in [1.54, 1.807) is 0 Å². The van der Waals surface area contributed by atoms with Crippen LogP contribution in [0.4, 0.5) is 0 Å². The Labute approximate surface area is 213 Å². The molecule has 3 heterocycles. The molecule has 1 saturated carbocycles. The molecule has 2 amide bonds. The van der Waals surface area contributed by atoms with Gasteiger partial charge in [0.2, 0.25) is 5.91 Å². The number of carbonyl (C=O) groups is 2. The Morgan fingerprint density at radius 2 is 1.67 bits per heavy atom. The van der Waals surface area contributed by atoms with Crippen molar-refractivity contribution in [3.63, 3.8) is 0 Å². The van der Waals surface area contributed by atoms with E-state index in [9.17, 15) is 9.59 Å². The van der Waals surface area contributed by atoms with Gasteiger partial charge in [-0.15, -0.1) is 0 Å². The Bertz CT molecular complexity index is 1170. The summed E-state index contributed by atoms with van der Waals surface area (Å²) in [5.41, 5.74) is 4.37. The molecule has 6 nitrogen and oxygen atoms in total. The maximum absolute atomic E-state index is 14.1. The second-order valence-corrected chi connectivity index (χ2v) is 11.2. The molecule has 0 bridgehead atoms. The molecular formula is C30H36N2O4. The van der Waals surface area contributed by atoms with Gasteiger partial charge < -0.3 is 19.3 Å². The number of amides is 2. The van der Waals surface area contributed by atoms with Crippen molar-refractivity contribution >= 4 is 11.8 Å². The predicted molar refractivity (Wildman–Crippen MR) is 138 cm³/mol. The number of hydrogen-bond acceptors (Lipinski definition) is 4. The Balaban J connectivity index is 1.27. The van der Waals surface area contributed by atoms with Crippen LogP contribution in [-0.2, 0) is 10.2 Å². The van der Waals surface area contributed by atoms with Gasteiger partial charge in [-0.05, 0) is 74.9 Å². The first-order valence-electron chi connectivity index (χ1n) is 13.6. The quantitative estimate of drug-likeness (QED) is 0.595. The summed E-state index contributed by atoms with van der Waals surface area (Å²) in [6, 6.07) is 12.0. The average molecular weight is 489 g/mol. The standard InChI is InChI=1S/C30H36N2O4/c1-20-7-9-22(10-8-20)28(33)31-13-5-6-23(18-31)29(34)32-19-30(11-3-4-12-30)25-17-27-26(35-14-15-36-27)16-24(25)21(32)2/h7-10,16-17,21,23H,3-6,11-15,18-19H2,1-2H3. The van der Waals surface area contributed by atoms with Crippen molar-refractivity contribution in [3.8, 4) is 11.5 Å². The topological polar surface area (TPSA) is 59.1 Å². The molecule has 36 heavy (non-hydrogen) atoms. The molecule has 2 aromatic rings. The number of fused-ring (bicyclic) bond motifs is 3. The highest BCUT2D eigenvalue weighted by atomic mass is 16.6. The Hall–Kier alpha value is -3.02. The molecule has 190 valence electrons. The van der Waals surface area contributed by atoms with Gasteiger partial charge >= 0.3 is 0 Å². The summed E-state index contributed by atoms with van der Waals surface area (Å²) in [7, 11) is 0. The molecule has 0 N–H and O–H groups in total. The van der Waals surface area contributed by atoms with Crippen molar-refractivity contribution in [1.29, 1.82) is 0 Å². The summed E-state index contributed by atoms with van der Waals surface area (Å²) < 4.78 is 11.8. The second-order valence-electron chi connectivity index (χ2n) is 11.2. The smallest absolute Gasteiger partial charge is 0.253 e. The first-order valence-corrected chi connectivity index (χ1v) is 13.6. The van der Waals surface area contributed by atoms with Gasteiger partial charge in [-0.1, -0.05) is 30.5 Å². The van der Waals surface area contributed by atoms with E-state index < -0.39 is 0 Å². The van der Waals surface area contributed by atoms with Crippen molar-refractivity contribution in [2.75, 3.05) is 32.8 Å². The minimum absolute atomic E-state index is 0.0145. The zero-order valence-electron chi connectivity index (χ0n) is 21.4. The van der Waals surface area contributed by atoms with Crippen LogP contribution in [0.15, 0.2) is 36.4 Å². The molecule has 2 atom stereocenters. The normalized spacial score (nSPS) is 24.5. The van der Waals surface area contributed by atoms with Crippen LogP contribution in [-0.4, -0.2) is 54.5 Å². The van der Waals surface area contributed by atoms with Crippen LogP contribution in [0.25, 0.3) is 0 Å². The van der Waals surface area contributed by atoms with Crippen LogP contribution in [0, 0.1) is 12.8 Å². The number of benzene rings is 2. The molecule has 0 aromatic heterocycles. The molecule has 1 saturated heterocycles. The fourth-order valence-electron chi connectivity index (χ4n) is 6.85. The molecule has 2 aromatic carbocycles. The summed E-state index contributed by atoms with van der Waals surface area (Å²) >= 11 is 0. The minimum Gasteiger partial charge on any atom is -0.486 e. The number of piperidine rings is 1. The van der Waals surface area contributed by atoms with Crippen LogP contribution in [0.3, 0.4) is 0 Å². The number of likely N-dealkylation sites (tertiary alicyclic amines) is 1. The maximum atomic E-state index is 14.1. The van der Waals surface area contributed by atoms with Gasteiger partial charge in [0.15, 0.2) is 11.5 Å². The SMILES string of the molecule is Cc1ccc(C(=O)N2CCCC(C(=O)N3CC4(CCCC4)c4cc5c(cc4C3C)OCCO5)C2)cc1. The molecule has 6 rings (SSSR count). The van der Waals surface area contributed by atoms with E-state index in [2.05, 4.69) is 24.0 Å². The van der Waals surface area contributed by atoms with E-state index in [1.165, 1.54) is 24.0 Å². The number of ether oxygens (including phenoxy) is 2. The fraction of sp³-hybridized carbons (Fsp3) is 0.533. The zero-order chi connectivity index (χ0) is 24.9. The molecule has 1 aliphatic carbocycles. The lowest BCUT2D eigenvalue weighted by Gasteiger charge is -2.48. The first-order chi connectivity index (χ1) is 17.4. The lowest BCUT2D eigenvalue weighted by molar-refractivity contribution is -0.141. The van der Waals surface area contributed by atoms with Crippen molar-refractivity contribution < 1.29 is 19.1 Å². The summed E-state index contributed by atoms with van der Waals surface area (Å²) in [6.45, 7) is 7.26. The van der Waals surface area contributed by atoms with Crippen molar-refractivity contribution in [2.45, 2.75) is 63.8 Å². The van der Waals surface area contributed by atoms with Crippen LogP contribution in [0.5, 0.6) is 11.5 Å². The lowest BCUT2D eigenvalue weighted by Crippen LogP contribution is -2.53. The second kappa shape index (κ2) is 9.13. The molecule has 6 heteroatoms. The third kappa shape index (κ3) is 3.95. The summed E-state index contributed by atoms with van der Waals surface area (Å²) in [5, 5.41) is 0. The predicted octanol–water partition coefficient (Wildman–Crippen LogP) is 5.03. The first kappa shape index (κ1) is 23.4. The summed E-state index contributed by atoms with van der Waals surface area (Å²) in [5.74, 6) is 1.70. The van der Waals surface area contributed by atoms with Crippen LogP contribution >= 0.6 is 0 Å². The maximum Gasteiger partial charge on any atom is 0.253 e. The van der Waals surface area contributed by atoms with E-state index in [4.69, 9.17) is 9.47 Å². The summed E-state index contributed by atoms with van der Waals surface area (Å²) in [6.07, 6.45) is 6.26. The monoisotopic (exact) mass is 488 g/mol. The minimum atomic E-state index is -0.159. The fourth-order valence-corrected chi connectivity index (χ4v) is 6.85. The van der Waals surface area contributed by atoms with E-state index in [0.717, 1.165) is 49.3 Å². The van der Waals surface area contributed by atoms with Gasteiger partial charge in [0.25, 0.3) is 5.91 Å². The van der Waals surface area contributed by atoms with Gasteiger partial charge in [-0.25, -0.2) is 0 Å². The Morgan fingerprint density at radius 3 is 2.39 bits per heavy atom. The van der Waals surface area contributed by atoms with Crippen LogP contribution in [0.2, 0.25) is 0 Å². The number of nitrogens with zero attached hydrogens (tertiary/aromatic N) is 2. The van der Waals surface area contributed by atoms with Gasteiger partial charge in [-0.2, -0.15) is 0 Å².